The molecule has 0 bridgehead atoms. The molecule has 40 heavy (non-hydrogen) atoms. The molecule has 10 heteroatoms. The minimum atomic E-state index is -1.26. The maximum Gasteiger partial charge on any atom is 0.343 e. The minimum Gasteiger partial charge on any atom is -0.496 e. The zero-order valence-corrected chi connectivity index (χ0v) is 23.0. The number of ether oxygens (including phenoxy) is 2. The number of fused-ring (bicyclic) bond motifs is 1. The van der Waals surface area contributed by atoms with Gasteiger partial charge in [0, 0.05) is 17.2 Å². The van der Waals surface area contributed by atoms with Crippen LogP contribution in [0.2, 0.25) is 15.1 Å². The lowest BCUT2D eigenvalue weighted by Crippen LogP contribution is -2.30. The number of anilines is 1. The van der Waals surface area contributed by atoms with Crippen LogP contribution in [-0.4, -0.2) is 30.7 Å². The third-order valence-electron chi connectivity index (χ3n) is 6.28. The second kappa shape index (κ2) is 11.1. The molecule has 0 aliphatic carbocycles. The first-order chi connectivity index (χ1) is 19.2. The number of hydrogen-bond donors (Lipinski definition) is 0. The number of imide groups is 1. The predicted octanol–water partition coefficient (Wildman–Crippen LogP) is 7.24. The molecule has 0 N–H and O–H groups in total. The second-order valence-electron chi connectivity index (χ2n) is 8.69. The average Bonchev–Trinajstić information content (AvgIpc) is 3.20. The molecule has 1 aliphatic rings. The van der Waals surface area contributed by atoms with Crippen molar-refractivity contribution >= 4 is 64.1 Å². The van der Waals surface area contributed by atoms with Gasteiger partial charge in [0.1, 0.15) is 11.3 Å². The topological polar surface area (TPSA) is 90.0 Å². The van der Waals surface area contributed by atoms with Gasteiger partial charge in [-0.3, -0.25) is 14.4 Å². The quantitative estimate of drug-likeness (QED) is 0.127. The summed E-state index contributed by atoms with van der Waals surface area (Å²) >= 11 is 18.6. The summed E-state index contributed by atoms with van der Waals surface area (Å²) in [4.78, 5) is 53.9. The smallest absolute Gasteiger partial charge is 0.343 e. The summed E-state index contributed by atoms with van der Waals surface area (Å²) in [6, 6.07) is 22.1. The van der Waals surface area contributed by atoms with Crippen LogP contribution in [0.15, 0.2) is 84.9 Å². The molecule has 1 atom stereocenters. The van der Waals surface area contributed by atoms with E-state index >= 15 is 0 Å². The van der Waals surface area contributed by atoms with Gasteiger partial charge in [-0.25, -0.2) is 9.69 Å². The number of halogens is 3. The molecule has 2 amide bonds. The molecule has 0 spiro atoms. The number of esters is 1. The van der Waals surface area contributed by atoms with Gasteiger partial charge >= 0.3 is 5.97 Å². The van der Waals surface area contributed by atoms with E-state index in [1.165, 1.54) is 31.4 Å². The van der Waals surface area contributed by atoms with E-state index in [1.54, 1.807) is 60.7 Å². The summed E-state index contributed by atoms with van der Waals surface area (Å²) in [6.07, 6.45) is -1.26. The predicted molar refractivity (Wildman–Crippen MR) is 151 cm³/mol. The van der Waals surface area contributed by atoms with Gasteiger partial charge in [-0.1, -0.05) is 95.5 Å². The Bertz CT molecular complexity index is 1630. The lowest BCUT2D eigenvalue weighted by atomic mass is 9.99. The Kier molecular flexibility index (Phi) is 7.63. The Morgan fingerprint density at radius 2 is 1.30 bits per heavy atom. The Morgan fingerprint density at radius 3 is 1.85 bits per heavy atom. The van der Waals surface area contributed by atoms with Crippen LogP contribution in [0, 0.1) is 0 Å². The summed E-state index contributed by atoms with van der Waals surface area (Å²) in [7, 11) is 1.30. The van der Waals surface area contributed by atoms with Crippen molar-refractivity contribution < 1.29 is 28.7 Å². The van der Waals surface area contributed by atoms with Crippen LogP contribution < -0.4 is 9.64 Å². The molecule has 0 fully saturated rings. The Balaban J connectivity index is 1.50. The molecule has 1 heterocycles. The number of methoxy groups -OCH3 is 1. The van der Waals surface area contributed by atoms with E-state index in [4.69, 9.17) is 44.3 Å². The van der Waals surface area contributed by atoms with Gasteiger partial charge in [0.2, 0.25) is 5.78 Å². The normalized spacial score (nSPS) is 13.2. The lowest BCUT2D eigenvalue weighted by Gasteiger charge is -2.20. The molecule has 4 aromatic carbocycles. The van der Waals surface area contributed by atoms with Crippen LogP contribution in [0.5, 0.6) is 5.75 Å². The number of carbonyl (C=O) groups excluding carboxylic acids is 4. The molecular weight excluding hydrogens is 577 g/mol. The Hall–Kier alpha value is -4.17. The summed E-state index contributed by atoms with van der Waals surface area (Å²) in [5.74, 6) is -2.70. The number of Topliss-reactive ketones (excluding diaryl/α,β-unsaturated/α-hetero) is 1. The van der Waals surface area contributed by atoms with Crippen molar-refractivity contribution in [2.75, 3.05) is 12.0 Å². The summed E-state index contributed by atoms with van der Waals surface area (Å²) < 4.78 is 11.1. The van der Waals surface area contributed by atoms with Gasteiger partial charge in [0.25, 0.3) is 11.8 Å². The Labute approximate surface area is 243 Å². The molecule has 0 aromatic heterocycles. The molecule has 0 saturated carbocycles. The number of benzene rings is 4. The SMILES string of the molecule is COc1cc(N2C(=O)c3cc(Cl)c(Cl)cc3C2=O)c(Cl)cc1C(=O)O[C@@H](C(=O)c1ccccc1)c1ccccc1. The van der Waals surface area contributed by atoms with Gasteiger partial charge < -0.3 is 9.47 Å². The Morgan fingerprint density at radius 1 is 0.750 bits per heavy atom. The van der Waals surface area contributed by atoms with Crippen LogP contribution >= 0.6 is 34.8 Å². The fourth-order valence-corrected chi connectivity index (χ4v) is 4.90. The summed E-state index contributed by atoms with van der Waals surface area (Å²) in [5, 5.41) is 0.122. The van der Waals surface area contributed by atoms with Crippen LogP contribution in [-0.2, 0) is 4.74 Å². The van der Waals surface area contributed by atoms with Gasteiger partial charge in [0.15, 0.2) is 6.10 Å². The van der Waals surface area contributed by atoms with E-state index in [9.17, 15) is 19.2 Å². The number of amides is 2. The second-order valence-corrected chi connectivity index (χ2v) is 9.91. The average molecular weight is 595 g/mol. The molecule has 200 valence electrons. The van der Waals surface area contributed by atoms with Crippen molar-refractivity contribution in [3.63, 3.8) is 0 Å². The van der Waals surface area contributed by atoms with Crippen molar-refractivity contribution in [1.29, 1.82) is 0 Å². The number of nitrogens with zero attached hydrogens (tertiary/aromatic N) is 1. The molecule has 0 radical (unpaired) electrons. The molecule has 0 unspecified atom stereocenters. The summed E-state index contributed by atoms with van der Waals surface area (Å²) in [5.41, 5.74) is 0.811. The molecule has 5 rings (SSSR count). The van der Waals surface area contributed by atoms with Crippen LogP contribution in [0.4, 0.5) is 5.69 Å². The first-order valence-corrected chi connectivity index (χ1v) is 12.9. The maximum absolute atomic E-state index is 13.4. The summed E-state index contributed by atoms with van der Waals surface area (Å²) in [6.45, 7) is 0. The van der Waals surface area contributed by atoms with Crippen LogP contribution in [0.25, 0.3) is 0 Å². The third-order valence-corrected chi connectivity index (χ3v) is 7.31. The molecule has 0 saturated heterocycles. The van der Waals surface area contributed by atoms with Crippen molar-refractivity contribution in [2.45, 2.75) is 6.10 Å². The highest BCUT2D eigenvalue weighted by Crippen LogP contribution is 2.40. The number of carbonyl (C=O) groups is 4. The zero-order valence-electron chi connectivity index (χ0n) is 20.7. The largest absolute Gasteiger partial charge is 0.496 e. The minimum absolute atomic E-state index is 0.0199. The molecule has 4 aromatic rings. The van der Waals surface area contributed by atoms with Crippen LogP contribution in [0.1, 0.15) is 53.1 Å². The van der Waals surface area contributed by atoms with Crippen molar-refractivity contribution in [3.05, 3.63) is 128 Å². The van der Waals surface area contributed by atoms with Crippen molar-refractivity contribution in [2.24, 2.45) is 0 Å². The van der Waals surface area contributed by atoms with Crippen LogP contribution in [0.3, 0.4) is 0 Å². The molecule has 1 aliphatic heterocycles. The first kappa shape index (κ1) is 27.4. The molecular formula is C30H18Cl3NO6. The van der Waals surface area contributed by atoms with Gasteiger partial charge in [-0.2, -0.15) is 0 Å². The van der Waals surface area contributed by atoms with Crippen molar-refractivity contribution in [1.82, 2.24) is 0 Å². The van der Waals surface area contributed by atoms with Gasteiger partial charge in [-0.05, 0) is 18.2 Å². The maximum atomic E-state index is 13.4. The highest BCUT2D eigenvalue weighted by atomic mass is 35.5. The fourth-order valence-electron chi connectivity index (χ4n) is 4.32. The highest BCUT2D eigenvalue weighted by molar-refractivity contribution is 6.45. The first-order valence-electron chi connectivity index (χ1n) is 11.8. The zero-order chi connectivity index (χ0) is 28.6. The van der Waals surface area contributed by atoms with E-state index in [0.29, 0.717) is 11.1 Å². The number of rotatable bonds is 7. The van der Waals surface area contributed by atoms with E-state index in [-0.39, 0.29) is 43.2 Å². The van der Waals surface area contributed by atoms with Crippen molar-refractivity contribution in [3.8, 4) is 5.75 Å². The van der Waals surface area contributed by atoms with E-state index in [0.717, 1.165) is 4.90 Å². The van der Waals surface area contributed by atoms with Gasteiger partial charge in [0.05, 0.1) is 39.0 Å². The highest BCUT2D eigenvalue weighted by Gasteiger charge is 2.39. The van der Waals surface area contributed by atoms with Gasteiger partial charge in [-0.15, -0.1) is 0 Å². The monoisotopic (exact) mass is 593 g/mol. The standard InChI is InChI=1S/C30H18Cl3NO6/c1-39-25-15-24(34-28(36)18-12-21(31)22(32)13-19(18)29(34)37)23(33)14-20(25)30(38)40-27(17-10-6-3-7-11-17)26(35)16-8-4-2-5-9-16/h2-15,27H,1H3/t27-/m1/s1. The fraction of sp³-hybridized carbons (Fsp3) is 0.0667. The van der Waals surface area contributed by atoms with E-state index in [1.807, 2.05) is 0 Å². The third kappa shape index (κ3) is 4.95. The number of hydrogen-bond acceptors (Lipinski definition) is 6. The van der Waals surface area contributed by atoms with E-state index < -0.39 is 29.7 Å². The lowest BCUT2D eigenvalue weighted by molar-refractivity contribution is 0.0277. The van der Waals surface area contributed by atoms with E-state index in [2.05, 4.69) is 0 Å². The number of ketones is 1. The molecule has 7 nitrogen and oxygen atoms in total.